The third-order valence-electron chi connectivity index (χ3n) is 5.49. The second kappa shape index (κ2) is 10.6. The highest BCUT2D eigenvalue weighted by atomic mass is 32.2. The zero-order valence-electron chi connectivity index (χ0n) is 17.1. The molecule has 0 radical (unpaired) electrons. The summed E-state index contributed by atoms with van der Waals surface area (Å²) in [4.78, 5) is 0. The number of allylic oxidation sites excluding steroid dienone is 2. The van der Waals surface area contributed by atoms with Gasteiger partial charge in [-0.1, -0.05) is 38.5 Å². The van der Waals surface area contributed by atoms with Crippen molar-refractivity contribution in [3.63, 3.8) is 0 Å². The predicted octanol–water partition coefficient (Wildman–Crippen LogP) is 4.02. The number of rotatable bonds is 11. The van der Waals surface area contributed by atoms with Crippen LogP contribution in [-0.2, 0) is 23.8 Å². The van der Waals surface area contributed by atoms with Crippen LogP contribution in [0.3, 0.4) is 0 Å². The fourth-order valence-corrected chi connectivity index (χ4v) is 4.40. The molecule has 0 unspecified atom stereocenters. The minimum Gasteiger partial charge on any atom is -0.359 e. The van der Waals surface area contributed by atoms with Gasteiger partial charge in [-0.3, -0.25) is 4.18 Å². The van der Waals surface area contributed by atoms with Crippen molar-refractivity contribution < 1.29 is 22.1 Å². The van der Waals surface area contributed by atoms with Gasteiger partial charge in [-0.15, -0.1) is 6.58 Å². The van der Waals surface area contributed by atoms with Crippen molar-refractivity contribution in [3.05, 3.63) is 24.3 Å². The Bertz CT molecular complexity index is 567. The zero-order chi connectivity index (χ0) is 19.9. The van der Waals surface area contributed by atoms with Crippen LogP contribution < -0.4 is 0 Å². The lowest BCUT2D eigenvalue weighted by Crippen LogP contribution is -2.37. The number of hydrogen-bond acceptors (Lipinski definition) is 5. The van der Waals surface area contributed by atoms with Crippen LogP contribution in [0.25, 0.3) is 0 Å². The predicted molar refractivity (Wildman–Crippen MR) is 105 cm³/mol. The summed E-state index contributed by atoms with van der Waals surface area (Å²) in [6, 6.07) is 0. The Morgan fingerprint density at radius 3 is 2.50 bits per heavy atom. The van der Waals surface area contributed by atoms with Gasteiger partial charge < -0.3 is 9.47 Å². The molecule has 0 saturated heterocycles. The van der Waals surface area contributed by atoms with E-state index in [1.165, 1.54) is 5.57 Å². The monoisotopic (exact) mass is 388 g/mol. The highest BCUT2D eigenvalue weighted by Crippen LogP contribution is 2.42. The van der Waals surface area contributed by atoms with E-state index in [0.717, 1.165) is 19.1 Å². The Morgan fingerprint density at radius 2 is 2.00 bits per heavy atom. The average molecular weight is 389 g/mol. The highest BCUT2D eigenvalue weighted by Gasteiger charge is 2.37. The minimum atomic E-state index is -3.45. The van der Waals surface area contributed by atoms with Crippen molar-refractivity contribution in [1.82, 2.24) is 0 Å². The van der Waals surface area contributed by atoms with E-state index in [-0.39, 0.29) is 37.3 Å². The van der Waals surface area contributed by atoms with E-state index >= 15 is 0 Å². The second-order valence-electron chi connectivity index (χ2n) is 7.84. The maximum absolute atomic E-state index is 11.5. The maximum Gasteiger partial charge on any atom is 0.264 e. The van der Waals surface area contributed by atoms with Crippen molar-refractivity contribution in [2.75, 3.05) is 26.8 Å². The van der Waals surface area contributed by atoms with E-state index < -0.39 is 10.1 Å². The molecule has 6 heteroatoms. The fraction of sp³-hybridized carbons (Fsp3) is 0.800. The van der Waals surface area contributed by atoms with E-state index in [9.17, 15) is 8.42 Å². The van der Waals surface area contributed by atoms with Gasteiger partial charge in [0.2, 0.25) is 0 Å². The summed E-state index contributed by atoms with van der Waals surface area (Å²) < 4.78 is 39.1. The molecule has 0 aliphatic heterocycles. The topological polar surface area (TPSA) is 61.8 Å². The van der Waals surface area contributed by atoms with Crippen LogP contribution in [0.5, 0.6) is 0 Å². The molecule has 5 nitrogen and oxygen atoms in total. The SMILES string of the molecule is C=C[C@H](OCOC)[C@@H](C)C[C@H]1C(C)=CC[C@H](C(C)C)[C@H]1COS(C)(=O)=O. The Balaban J connectivity index is 2.98. The Hall–Kier alpha value is -0.690. The molecule has 1 aliphatic rings. The molecule has 0 saturated carbocycles. The van der Waals surface area contributed by atoms with E-state index in [1.807, 2.05) is 6.08 Å². The smallest absolute Gasteiger partial charge is 0.264 e. The first-order chi connectivity index (χ1) is 12.1. The summed E-state index contributed by atoms with van der Waals surface area (Å²) in [5.41, 5.74) is 1.31. The van der Waals surface area contributed by atoms with Gasteiger partial charge in [0.05, 0.1) is 19.0 Å². The second-order valence-corrected chi connectivity index (χ2v) is 9.48. The molecular formula is C20H36O5S. The van der Waals surface area contributed by atoms with Crippen molar-refractivity contribution in [2.24, 2.45) is 29.6 Å². The molecule has 0 bridgehead atoms. The number of hydrogen-bond donors (Lipinski definition) is 0. The number of methoxy groups -OCH3 is 1. The Kier molecular flexibility index (Phi) is 9.51. The zero-order valence-corrected chi connectivity index (χ0v) is 17.9. The largest absolute Gasteiger partial charge is 0.359 e. The van der Waals surface area contributed by atoms with Gasteiger partial charge in [0.15, 0.2) is 0 Å². The molecule has 0 N–H and O–H groups in total. The van der Waals surface area contributed by atoms with Crippen LogP contribution in [0.1, 0.15) is 40.5 Å². The first-order valence-corrected chi connectivity index (χ1v) is 11.2. The molecule has 0 aromatic carbocycles. The Labute approximate surface area is 159 Å². The molecule has 5 atom stereocenters. The lowest BCUT2D eigenvalue weighted by molar-refractivity contribution is -0.0744. The molecule has 0 fully saturated rings. The summed E-state index contributed by atoms with van der Waals surface area (Å²) in [7, 11) is -1.85. The van der Waals surface area contributed by atoms with Crippen LogP contribution in [0.15, 0.2) is 24.3 Å². The standard InChI is InChI=1S/C20H36O5S/c1-8-20(24-13-23-6)16(5)11-18-15(4)9-10-17(14(2)3)19(18)12-25-26(7,21)22/h8-9,14,16-20H,1,10-13H2,2-7H3/t16-,17+,18-,19+,20-/m0/s1. The van der Waals surface area contributed by atoms with Crippen LogP contribution in [0, 0.1) is 29.6 Å². The van der Waals surface area contributed by atoms with Crippen molar-refractivity contribution >= 4 is 10.1 Å². The van der Waals surface area contributed by atoms with E-state index in [2.05, 4.69) is 40.3 Å². The third kappa shape index (κ3) is 7.14. The summed E-state index contributed by atoms with van der Waals surface area (Å²) in [5, 5.41) is 0. The first-order valence-electron chi connectivity index (χ1n) is 9.34. The lowest BCUT2D eigenvalue weighted by Gasteiger charge is -2.41. The minimum absolute atomic E-state index is 0.0985. The van der Waals surface area contributed by atoms with Crippen molar-refractivity contribution in [3.8, 4) is 0 Å². The average Bonchev–Trinajstić information content (AvgIpc) is 2.54. The van der Waals surface area contributed by atoms with Gasteiger partial charge in [-0.05, 0) is 49.4 Å². The summed E-state index contributed by atoms with van der Waals surface area (Å²) >= 11 is 0. The van der Waals surface area contributed by atoms with E-state index in [0.29, 0.717) is 11.8 Å². The van der Waals surface area contributed by atoms with Gasteiger partial charge in [0.25, 0.3) is 10.1 Å². The fourth-order valence-electron chi connectivity index (χ4n) is 4.00. The van der Waals surface area contributed by atoms with Crippen LogP contribution in [0.2, 0.25) is 0 Å². The van der Waals surface area contributed by atoms with Crippen molar-refractivity contribution in [1.29, 1.82) is 0 Å². The Morgan fingerprint density at radius 1 is 1.35 bits per heavy atom. The van der Waals surface area contributed by atoms with Gasteiger partial charge in [-0.25, -0.2) is 0 Å². The highest BCUT2D eigenvalue weighted by molar-refractivity contribution is 7.85. The quantitative estimate of drug-likeness (QED) is 0.304. The van der Waals surface area contributed by atoms with Crippen LogP contribution >= 0.6 is 0 Å². The molecule has 0 spiro atoms. The van der Waals surface area contributed by atoms with Gasteiger partial charge in [0, 0.05) is 7.11 Å². The lowest BCUT2D eigenvalue weighted by atomic mass is 9.66. The van der Waals surface area contributed by atoms with Gasteiger partial charge >= 0.3 is 0 Å². The molecule has 0 aromatic rings. The summed E-state index contributed by atoms with van der Waals surface area (Å²) in [5.74, 6) is 1.54. The molecular weight excluding hydrogens is 352 g/mol. The normalized spacial score (nSPS) is 26.4. The van der Waals surface area contributed by atoms with Crippen LogP contribution in [0.4, 0.5) is 0 Å². The molecule has 0 heterocycles. The third-order valence-corrected chi connectivity index (χ3v) is 6.06. The molecule has 0 aromatic heterocycles. The maximum atomic E-state index is 11.5. The molecule has 0 amide bonds. The van der Waals surface area contributed by atoms with E-state index in [4.69, 9.17) is 13.7 Å². The van der Waals surface area contributed by atoms with Gasteiger partial charge in [-0.2, -0.15) is 8.42 Å². The summed E-state index contributed by atoms with van der Waals surface area (Å²) in [6.07, 6.45) is 7.00. The molecule has 26 heavy (non-hydrogen) atoms. The summed E-state index contributed by atoms with van der Waals surface area (Å²) in [6.45, 7) is 13.0. The first kappa shape index (κ1) is 23.3. The molecule has 1 aliphatic carbocycles. The number of ether oxygens (including phenoxy) is 2. The van der Waals surface area contributed by atoms with Gasteiger partial charge in [0.1, 0.15) is 6.79 Å². The van der Waals surface area contributed by atoms with Crippen LogP contribution in [-0.4, -0.2) is 41.3 Å². The molecule has 152 valence electrons. The van der Waals surface area contributed by atoms with Crippen molar-refractivity contribution in [2.45, 2.75) is 46.6 Å². The molecule has 1 rings (SSSR count). The van der Waals surface area contributed by atoms with E-state index in [1.54, 1.807) is 7.11 Å².